The van der Waals surface area contributed by atoms with E-state index >= 15 is 0 Å². The van der Waals surface area contributed by atoms with Crippen LogP contribution in [0.5, 0.6) is 5.75 Å². The molecule has 2 N–H and O–H groups in total. The summed E-state index contributed by atoms with van der Waals surface area (Å²) in [5.41, 5.74) is 0.754. The highest BCUT2D eigenvalue weighted by Crippen LogP contribution is 2.22. The van der Waals surface area contributed by atoms with Crippen LogP contribution in [0.4, 0.5) is 13.2 Å². The number of hydrogen-bond donors (Lipinski definition) is 2. The number of hydrogen-bond acceptors (Lipinski definition) is 4. The van der Waals surface area contributed by atoms with Crippen molar-refractivity contribution in [2.45, 2.75) is 19.2 Å². The predicted octanol–water partition coefficient (Wildman–Crippen LogP) is 1.65. The van der Waals surface area contributed by atoms with E-state index in [1.807, 2.05) is 0 Å². The van der Waals surface area contributed by atoms with Gasteiger partial charge in [0.15, 0.2) is 0 Å². The van der Waals surface area contributed by atoms with Crippen molar-refractivity contribution in [1.29, 1.82) is 0 Å². The summed E-state index contributed by atoms with van der Waals surface area (Å²) in [4.78, 5) is 23.7. The van der Waals surface area contributed by atoms with Crippen LogP contribution in [0, 0.1) is 0 Å². The molecule has 1 amide bonds. The number of carbonyl (C=O) groups is 2. The molecule has 0 atom stereocenters. The summed E-state index contributed by atoms with van der Waals surface area (Å²) >= 11 is 0. The van der Waals surface area contributed by atoms with Crippen LogP contribution in [0.2, 0.25) is 0 Å². The lowest BCUT2D eigenvalue weighted by Crippen LogP contribution is -2.36. The third-order valence-electron chi connectivity index (χ3n) is 3.01. The van der Waals surface area contributed by atoms with Gasteiger partial charge in [-0.3, -0.25) is 14.5 Å². The Hall–Kier alpha value is -2.29. The Bertz CT molecular complexity index is 547. The molecule has 1 aromatic rings. The Morgan fingerprint density at radius 1 is 1.25 bits per heavy atom. The minimum absolute atomic E-state index is 0.0455. The van der Waals surface area contributed by atoms with Crippen LogP contribution in [-0.2, 0) is 16.0 Å². The summed E-state index contributed by atoms with van der Waals surface area (Å²) in [6.45, 7) is 0.667. The normalized spacial score (nSPS) is 11.4. The molecule has 134 valence electrons. The zero-order valence-corrected chi connectivity index (χ0v) is 13.1. The van der Waals surface area contributed by atoms with Crippen LogP contribution in [-0.4, -0.2) is 54.9 Å². The summed E-state index contributed by atoms with van der Waals surface area (Å²) < 4.78 is 39.9. The van der Waals surface area contributed by atoms with Gasteiger partial charge in [0.05, 0.1) is 13.0 Å². The highest BCUT2D eigenvalue weighted by atomic mass is 19.4. The fraction of sp³-hybridized carbons (Fsp3) is 0.467. The highest BCUT2D eigenvalue weighted by Gasteiger charge is 2.30. The van der Waals surface area contributed by atoms with Crippen molar-refractivity contribution in [2.75, 3.05) is 26.7 Å². The number of halogens is 3. The topological polar surface area (TPSA) is 78.9 Å². The maximum Gasteiger partial charge on any atom is 0.573 e. The van der Waals surface area contributed by atoms with Gasteiger partial charge in [-0.2, -0.15) is 0 Å². The Balaban J connectivity index is 2.29. The molecule has 0 aliphatic carbocycles. The summed E-state index contributed by atoms with van der Waals surface area (Å²) in [7, 11) is 1.64. The van der Waals surface area contributed by atoms with Gasteiger partial charge in [-0.05, 0) is 31.2 Å². The van der Waals surface area contributed by atoms with E-state index in [-0.39, 0.29) is 31.2 Å². The molecule has 0 spiro atoms. The molecule has 0 aliphatic heterocycles. The van der Waals surface area contributed by atoms with Crippen molar-refractivity contribution in [3.63, 3.8) is 0 Å². The fourth-order valence-corrected chi connectivity index (χ4v) is 1.87. The molecule has 0 aromatic heterocycles. The van der Waals surface area contributed by atoms with E-state index in [1.54, 1.807) is 11.9 Å². The largest absolute Gasteiger partial charge is 0.573 e. The molecule has 0 bridgehead atoms. The molecule has 0 fully saturated rings. The lowest BCUT2D eigenvalue weighted by atomic mass is 10.1. The van der Waals surface area contributed by atoms with Gasteiger partial charge in [-0.25, -0.2) is 0 Å². The first-order valence-electron chi connectivity index (χ1n) is 7.17. The summed E-state index contributed by atoms with van der Waals surface area (Å²) in [5.74, 6) is -1.48. The lowest BCUT2D eigenvalue weighted by Gasteiger charge is -2.15. The molecule has 1 aromatic carbocycles. The number of carboxylic acids is 1. The van der Waals surface area contributed by atoms with Gasteiger partial charge in [0, 0.05) is 13.1 Å². The van der Waals surface area contributed by atoms with Crippen LogP contribution in [0.15, 0.2) is 24.3 Å². The van der Waals surface area contributed by atoms with Crippen molar-refractivity contribution in [2.24, 2.45) is 0 Å². The minimum atomic E-state index is -4.72. The Labute approximate surface area is 137 Å². The van der Waals surface area contributed by atoms with Gasteiger partial charge in [0.1, 0.15) is 5.75 Å². The summed E-state index contributed by atoms with van der Waals surface area (Å²) in [6.07, 6.45) is -4.31. The number of ether oxygens (including phenoxy) is 1. The van der Waals surface area contributed by atoms with Crippen molar-refractivity contribution < 1.29 is 32.6 Å². The van der Waals surface area contributed by atoms with E-state index in [1.165, 1.54) is 24.3 Å². The third-order valence-corrected chi connectivity index (χ3v) is 3.01. The summed E-state index contributed by atoms with van der Waals surface area (Å²) in [6, 6.07) is 5.41. The smallest absolute Gasteiger partial charge is 0.481 e. The van der Waals surface area contributed by atoms with Crippen LogP contribution in [0.25, 0.3) is 0 Å². The van der Waals surface area contributed by atoms with Crippen LogP contribution in [0.3, 0.4) is 0 Å². The zero-order chi connectivity index (χ0) is 18.2. The van der Waals surface area contributed by atoms with E-state index in [9.17, 15) is 22.8 Å². The average molecular weight is 348 g/mol. The summed E-state index contributed by atoms with van der Waals surface area (Å²) in [5, 5.41) is 11.2. The highest BCUT2D eigenvalue weighted by molar-refractivity contribution is 5.78. The van der Waals surface area contributed by atoms with E-state index in [0.717, 1.165) is 5.56 Å². The second-order valence-electron chi connectivity index (χ2n) is 5.17. The second kappa shape index (κ2) is 9.11. The molecule has 0 saturated carbocycles. The first-order valence-corrected chi connectivity index (χ1v) is 7.17. The number of benzene rings is 1. The van der Waals surface area contributed by atoms with Crippen molar-refractivity contribution in [3.8, 4) is 5.75 Å². The average Bonchev–Trinajstić information content (AvgIpc) is 2.45. The molecule has 0 aliphatic rings. The number of carbonyl (C=O) groups excluding carboxylic acids is 1. The number of carboxylic acid groups (broad SMARTS) is 1. The van der Waals surface area contributed by atoms with Gasteiger partial charge in [0.25, 0.3) is 0 Å². The molecular formula is C15H19F3N2O4. The monoisotopic (exact) mass is 348 g/mol. The number of nitrogens with one attached hydrogen (secondary N) is 1. The second-order valence-corrected chi connectivity index (χ2v) is 5.17. The van der Waals surface area contributed by atoms with Gasteiger partial charge >= 0.3 is 12.3 Å². The number of alkyl halides is 3. The van der Waals surface area contributed by atoms with Gasteiger partial charge in [-0.1, -0.05) is 12.1 Å². The zero-order valence-electron chi connectivity index (χ0n) is 13.1. The first-order chi connectivity index (χ1) is 11.2. The van der Waals surface area contributed by atoms with E-state index in [2.05, 4.69) is 10.1 Å². The third kappa shape index (κ3) is 8.99. The maximum absolute atomic E-state index is 12.0. The Kier molecular flexibility index (Phi) is 7.50. The van der Waals surface area contributed by atoms with E-state index in [4.69, 9.17) is 5.11 Å². The minimum Gasteiger partial charge on any atom is -0.481 e. The number of amides is 1. The van der Waals surface area contributed by atoms with Crippen molar-refractivity contribution in [1.82, 2.24) is 10.2 Å². The molecule has 0 unspecified atom stereocenters. The molecule has 0 saturated heterocycles. The number of nitrogens with zero attached hydrogens (tertiary/aromatic N) is 1. The Morgan fingerprint density at radius 2 is 1.88 bits per heavy atom. The molecular weight excluding hydrogens is 329 g/mol. The van der Waals surface area contributed by atoms with Gasteiger partial charge in [0.2, 0.25) is 5.91 Å². The van der Waals surface area contributed by atoms with Crippen molar-refractivity contribution >= 4 is 11.9 Å². The number of likely N-dealkylation sites (N-methyl/N-ethyl adjacent to an activating group) is 1. The Morgan fingerprint density at radius 3 is 2.42 bits per heavy atom. The van der Waals surface area contributed by atoms with E-state index in [0.29, 0.717) is 13.0 Å². The van der Waals surface area contributed by atoms with Crippen LogP contribution >= 0.6 is 0 Å². The quantitative estimate of drug-likeness (QED) is 0.709. The maximum atomic E-state index is 12.0. The predicted molar refractivity (Wildman–Crippen MR) is 79.6 cm³/mol. The van der Waals surface area contributed by atoms with Crippen molar-refractivity contribution in [3.05, 3.63) is 29.8 Å². The fourth-order valence-electron chi connectivity index (χ4n) is 1.87. The standard InChI is InChI=1S/C15H19F3N2O4/c1-20(9-7-14(22)23)10-13(21)19-8-6-11-2-4-12(5-3-11)24-15(16,17)18/h2-5H,6-10H2,1H3,(H,19,21)(H,22,23). The van der Waals surface area contributed by atoms with Gasteiger partial charge < -0.3 is 15.2 Å². The SMILES string of the molecule is CN(CCC(=O)O)CC(=O)NCCc1ccc(OC(F)(F)F)cc1. The molecule has 24 heavy (non-hydrogen) atoms. The first kappa shape index (κ1) is 19.8. The molecule has 6 nitrogen and oxygen atoms in total. The number of aliphatic carboxylic acids is 1. The van der Waals surface area contributed by atoms with E-state index < -0.39 is 12.3 Å². The lowest BCUT2D eigenvalue weighted by molar-refractivity contribution is -0.274. The molecule has 0 heterocycles. The molecule has 9 heteroatoms. The van der Waals surface area contributed by atoms with Crippen LogP contribution in [0.1, 0.15) is 12.0 Å². The molecule has 0 radical (unpaired) electrons. The molecule has 1 rings (SSSR count). The van der Waals surface area contributed by atoms with Gasteiger partial charge in [-0.15, -0.1) is 13.2 Å². The van der Waals surface area contributed by atoms with Crippen LogP contribution < -0.4 is 10.1 Å². The number of rotatable bonds is 9.